The van der Waals surface area contributed by atoms with Crippen LogP contribution in [0.25, 0.3) is 0 Å². The molecule has 2 heterocycles. The monoisotopic (exact) mass is 330 g/mol. The molecule has 7 nitrogen and oxygen atoms in total. The highest BCUT2D eigenvalue weighted by Crippen LogP contribution is 2.34. The van der Waals surface area contributed by atoms with E-state index in [1.165, 1.54) is 0 Å². The van der Waals surface area contributed by atoms with Gasteiger partial charge in [-0.25, -0.2) is 4.79 Å². The minimum absolute atomic E-state index is 0.203. The molecule has 2 aromatic rings. The van der Waals surface area contributed by atoms with Crippen LogP contribution in [-0.4, -0.2) is 29.8 Å². The molecule has 0 aliphatic carbocycles. The van der Waals surface area contributed by atoms with Gasteiger partial charge < -0.3 is 24.1 Å². The molecule has 1 aromatic heterocycles. The van der Waals surface area contributed by atoms with Gasteiger partial charge in [-0.05, 0) is 36.8 Å². The topological polar surface area (TPSA) is 78.8 Å². The van der Waals surface area contributed by atoms with E-state index in [-0.39, 0.29) is 25.3 Å². The minimum atomic E-state index is -0.534. The number of carbonyl (C=O) groups is 2. The Kier molecular flexibility index (Phi) is 4.41. The molecular formula is C17H18N2O5. The second-order valence-corrected chi connectivity index (χ2v) is 5.48. The fraction of sp³-hybridized carbons (Fsp3) is 0.294. The number of benzene rings is 1. The fourth-order valence-electron chi connectivity index (χ4n) is 2.43. The quantitative estimate of drug-likeness (QED) is 0.846. The second-order valence-electron chi connectivity index (χ2n) is 5.48. The average Bonchev–Trinajstić information content (AvgIpc) is 3.20. The van der Waals surface area contributed by atoms with Crippen molar-refractivity contribution in [2.45, 2.75) is 13.0 Å². The van der Waals surface area contributed by atoms with Crippen LogP contribution < -0.4 is 14.8 Å². The van der Waals surface area contributed by atoms with Gasteiger partial charge in [0.15, 0.2) is 18.1 Å². The van der Waals surface area contributed by atoms with Crippen LogP contribution in [-0.2, 0) is 16.6 Å². The molecule has 1 amide bonds. The van der Waals surface area contributed by atoms with Crippen molar-refractivity contribution in [1.82, 2.24) is 9.88 Å². The summed E-state index contributed by atoms with van der Waals surface area (Å²) < 4.78 is 17.2. The van der Waals surface area contributed by atoms with E-state index in [1.54, 1.807) is 36.0 Å². The number of ether oxygens (including phenoxy) is 3. The summed E-state index contributed by atoms with van der Waals surface area (Å²) in [7, 11) is 1.73. The Morgan fingerprint density at radius 1 is 1.29 bits per heavy atom. The molecule has 0 saturated carbocycles. The zero-order chi connectivity index (χ0) is 17.1. The van der Waals surface area contributed by atoms with Crippen LogP contribution in [0, 0.1) is 0 Å². The lowest BCUT2D eigenvalue weighted by Crippen LogP contribution is -2.31. The van der Waals surface area contributed by atoms with E-state index in [1.807, 2.05) is 19.1 Å². The van der Waals surface area contributed by atoms with Crippen molar-refractivity contribution in [2.24, 2.45) is 7.05 Å². The number of aryl methyl sites for hydroxylation is 1. The van der Waals surface area contributed by atoms with Crippen molar-refractivity contribution in [3.63, 3.8) is 0 Å². The summed E-state index contributed by atoms with van der Waals surface area (Å²) in [6, 6.07) is 8.60. The summed E-state index contributed by atoms with van der Waals surface area (Å²) in [5.74, 6) is 0.439. The van der Waals surface area contributed by atoms with Crippen LogP contribution in [0.15, 0.2) is 36.5 Å². The number of nitrogens with zero attached hydrogens (tertiary/aromatic N) is 1. The van der Waals surface area contributed by atoms with Crippen molar-refractivity contribution < 1.29 is 23.8 Å². The van der Waals surface area contributed by atoms with Crippen LogP contribution in [0.2, 0.25) is 0 Å². The van der Waals surface area contributed by atoms with Gasteiger partial charge in [0.25, 0.3) is 5.91 Å². The number of hydrogen-bond donors (Lipinski definition) is 1. The molecule has 24 heavy (non-hydrogen) atoms. The van der Waals surface area contributed by atoms with Crippen molar-refractivity contribution in [3.8, 4) is 11.5 Å². The predicted octanol–water partition coefficient (Wildman–Crippen LogP) is 1.79. The van der Waals surface area contributed by atoms with Gasteiger partial charge in [-0.2, -0.15) is 0 Å². The highest BCUT2D eigenvalue weighted by Gasteiger charge is 2.18. The summed E-state index contributed by atoms with van der Waals surface area (Å²) in [5, 5.41) is 2.78. The Hall–Kier alpha value is -2.96. The third-order valence-electron chi connectivity index (χ3n) is 3.76. The number of carbonyl (C=O) groups excluding carboxylic acids is 2. The van der Waals surface area contributed by atoms with E-state index in [0.717, 1.165) is 5.56 Å². The Balaban J connectivity index is 1.53. The van der Waals surface area contributed by atoms with Gasteiger partial charge in [-0.15, -0.1) is 0 Å². The molecule has 0 spiro atoms. The van der Waals surface area contributed by atoms with E-state index in [2.05, 4.69) is 5.32 Å². The van der Waals surface area contributed by atoms with Crippen LogP contribution >= 0.6 is 0 Å². The van der Waals surface area contributed by atoms with Crippen molar-refractivity contribution in [1.29, 1.82) is 0 Å². The molecule has 1 atom stereocenters. The van der Waals surface area contributed by atoms with E-state index in [4.69, 9.17) is 14.2 Å². The second kappa shape index (κ2) is 6.66. The van der Waals surface area contributed by atoms with Crippen molar-refractivity contribution in [2.75, 3.05) is 13.4 Å². The molecule has 0 saturated heterocycles. The first-order chi connectivity index (χ1) is 11.5. The van der Waals surface area contributed by atoms with Gasteiger partial charge in [0.1, 0.15) is 5.69 Å². The smallest absolute Gasteiger partial charge is 0.355 e. The molecule has 1 aliphatic heterocycles. The zero-order valence-electron chi connectivity index (χ0n) is 13.4. The lowest BCUT2D eigenvalue weighted by atomic mass is 10.1. The molecule has 1 aromatic carbocycles. The largest absolute Gasteiger partial charge is 0.454 e. The zero-order valence-corrected chi connectivity index (χ0v) is 13.4. The molecule has 1 unspecified atom stereocenters. The molecule has 1 N–H and O–H groups in total. The average molecular weight is 330 g/mol. The Labute approximate surface area is 139 Å². The summed E-state index contributed by atoms with van der Waals surface area (Å²) in [5.41, 5.74) is 1.27. The fourth-order valence-corrected chi connectivity index (χ4v) is 2.43. The SMILES string of the molecule is CC(NC(=O)COC(=O)c1cccn1C)c1ccc2c(c1)OCO2. The number of hydrogen-bond acceptors (Lipinski definition) is 5. The Bertz CT molecular complexity index is 768. The molecule has 0 radical (unpaired) electrons. The summed E-state index contributed by atoms with van der Waals surface area (Å²) in [4.78, 5) is 23.8. The van der Waals surface area contributed by atoms with Gasteiger partial charge in [0.2, 0.25) is 6.79 Å². The summed E-state index contributed by atoms with van der Waals surface area (Å²) in [6.07, 6.45) is 1.73. The summed E-state index contributed by atoms with van der Waals surface area (Å²) in [6.45, 7) is 1.71. The maximum Gasteiger partial charge on any atom is 0.355 e. The third kappa shape index (κ3) is 3.34. The Morgan fingerprint density at radius 2 is 2.08 bits per heavy atom. The van der Waals surface area contributed by atoms with Gasteiger partial charge in [-0.1, -0.05) is 6.07 Å². The first-order valence-electron chi connectivity index (χ1n) is 7.52. The lowest BCUT2D eigenvalue weighted by Gasteiger charge is -2.15. The normalized spacial score (nSPS) is 13.4. The van der Waals surface area contributed by atoms with E-state index in [0.29, 0.717) is 17.2 Å². The molecule has 1 aliphatic rings. The van der Waals surface area contributed by atoms with Gasteiger partial charge in [0, 0.05) is 13.2 Å². The Morgan fingerprint density at radius 3 is 2.83 bits per heavy atom. The molecule has 0 bridgehead atoms. The minimum Gasteiger partial charge on any atom is -0.454 e. The predicted molar refractivity (Wildman–Crippen MR) is 84.8 cm³/mol. The summed E-state index contributed by atoms with van der Waals surface area (Å²) >= 11 is 0. The highest BCUT2D eigenvalue weighted by atomic mass is 16.7. The number of amides is 1. The maximum absolute atomic E-state index is 12.0. The van der Waals surface area contributed by atoms with E-state index < -0.39 is 5.97 Å². The van der Waals surface area contributed by atoms with E-state index in [9.17, 15) is 9.59 Å². The number of nitrogens with one attached hydrogen (secondary N) is 1. The van der Waals surface area contributed by atoms with Crippen LogP contribution in [0.4, 0.5) is 0 Å². The van der Waals surface area contributed by atoms with Gasteiger partial charge in [0.05, 0.1) is 6.04 Å². The van der Waals surface area contributed by atoms with Gasteiger partial charge >= 0.3 is 5.97 Å². The number of esters is 1. The standard InChI is InChI=1S/C17H18N2O5/c1-11(12-5-6-14-15(8-12)24-10-23-14)18-16(20)9-22-17(21)13-4-3-7-19(13)2/h3-8,11H,9-10H2,1-2H3,(H,18,20). The number of aromatic nitrogens is 1. The first-order valence-corrected chi connectivity index (χ1v) is 7.52. The number of fused-ring (bicyclic) bond motifs is 1. The molecule has 126 valence electrons. The highest BCUT2D eigenvalue weighted by molar-refractivity contribution is 5.90. The maximum atomic E-state index is 12.0. The first kappa shape index (κ1) is 15.9. The van der Waals surface area contributed by atoms with Crippen LogP contribution in [0.1, 0.15) is 29.0 Å². The lowest BCUT2D eigenvalue weighted by molar-refractivity contribution is -0.124. The van der Waals surface area contributed by atoms with Gasteiger partial charge in [-0.3, -0.25) is 4.79 Å². The van der Waals surface area contributed by atoms with Crippen molar-refractivity contribution >= 4 is 11.9 Å². The molecule has 3 rings (SSSR count). The van der Waals surface area contributed by atoms with Crippen molar-refractivity contribution in [3.05, 3.63) is 47.8 Å². The van der Waals surface area contributed by atoms with E-state index >= 15 is 0 Å². The van der Waals surface area contributed by atoms with Crippen LogP contribution in [0.5, 0.6) is 11.5 Å². The van der Waals surface area contributed by atoms with Crippen LogP contribution in [0.3, 0.4) is 0 Å². The molecular weight excluding hydrogens is 312 g/mol. The third-order valence-corrected chi connectivity index (χ3v) is 3.76. The number of rotatable bonds is 5. The molecule has 7 heteroatoms. The molecule has 0 fully saturated rings.